The first kappa shape index (κ1) is 27.8. The van der Waals surface area contributed by atoms with Gasteiger partial charge in [-0.25, -0.2) is 21.6 Å². The Hall–Kier alpha value is -2.22. The normalized spacial score (nSPS) is 22.6. The van der Waals surface area contributed by atoms with E-state index in [-0.39, 0.29) is 54.4 Å². The Morgan fingerprint density at radius 2 is 1.92 bits per heavy atom. The van der Waals surface area contributed by atoms with Crippen molar-refractivity contribution in [2.45, 2.75) is 61.8 Å². The van der Waals surface area contributed by atoms with Gasteiger partial charge in [0, 0.05) is 57.6 Å². The van der Waals surface area contributed by atoms with Gasteiger partial charge >= 0.3 is 0 Å². The molecule has 1 atom stereocenters. The fraction of sp³-hybridized carbons (Fsp3) is 0.609. The Kier molecular flexibility index (Phi) is 7.89. The number of halogens is 4. The summed E-state index contributed by atoms with van der Waals surface area (Å²) < 4.78 is 70.0. The number of carbonyl (C=O) groups is 1. The molecule has 1 N–H and O–H groups in total. The average molecular weight is 563 g/mol. The molecule has 2 aliphatic rings. The van der Waals surface area contributed by atoms with Crippen molar-refractivity contribution in [2.24, 2.45) is 7.05 Å². The van der Waals surface area contributed by atoms with Crippen LogP contribution in [0.4, 0.5) is 13.2 Å². The molecule has 14 heteroatoms. The fourth-order valence-electron chi connectivity index (χ4n) is 5.15. The van der Waals surface area contributed by atoms with Crippen LogP contribution in [-0.4, -0.2) is 82.2 Å². The highest BCUT2D eigenvalue weighted by Gasteiger charge is 2.49. The molecule has 2 heterocycles. The summed E-state index contributed by atoms with van der Waals surface area (Å²) in [4.78, 5) is 14.9. The maximum Gasteiger partial charge on any atom is 0.264 e. The summed E-state index contributed by atoms with van der Waals surface area (Å²) in [5, 5.41) is 10.2. The quantitative estimate of drug-likeness (QED) is 0.557. The molecule has 0 bridgehead atoms. The molecule has 1 aromatic carbocycles. The third-order valence-electron chi connectivity index (χ3n) is 7.31. The first-order valence-corrected chi connectivity index (χ1v) is 13.8. The smallest absolute Gasteiger partial charge is 0.264 e. The lowest BCUT2D eigenvalue weighted by molar-refractivity contribution is -0.0889. The summed E-state index contributed by atoms with van der Waals surface area (Å²) in [5.74, 6) is -3.27. The van der Waals surface area contributed by atoms with E-state index in [0.717, 1.165) is 0 Å². The lowest BCUT2D eigenvalue weighted by Crippen LogP contribution is -2.65. The molecule has 1 amide bonds. The van der Waals surface area contributed by atoms with Crippen LogP contribution in [0.3, 0.4) is 0 Å². The molecule has 1 aliphatic carbocycles. The standard InChI is InChI=1S/C23H30ClF3N6O3S/c1-16-13-32(9-10-33(16)37(35,36)20-14-31(2)30-29-20)22(5-7-23(26,27)8-6-22)15-28-21(34)18-4-3-17(12-25)11-19(18)24/h3-4,11,14,16H,5-10,12-13,15H2,1-2H3,(H,28,34). The highest BCUT2D eigenvalue weighted by molar-refractivity contribution is 7.89. The van der Waals surface area contributed by atoms with Crippen LogP contribution in [0.1, 0.15) is 48.5 Å². The van der Waals surface area contributed by atoms with Crippen LogP contribution in [-0.2, 0) is 23.7 Å². The number of amides is 1. The van der Waals surface area contributed by atoms with Crippen molar-refractivity contribution in [1.29, 1.82) is 0 Å². The number of rotatable bonds is 7. The molecular weight excluding hydrogens is 533 g/mol. The van der Waals surface area contributed by atoms with Crippen molar-refractivity contribution in [3.63, 3.8) is 0 Å². The topological polar surface area (TPSA) is 100 Å². The molecule has 9 nitrogen and oxygen atoms in total. The average Bonchev–Trinajstić information content (AvgIpc) is 3.30. The number of hydrogen-bond donors (Lipinski definition) is 1. The molecule has 1 saturated carbocycles. The second-order valence-corrected chi connectivity index (χ2v) is 12.1. The molecule has 2 aromatic rings. The first-order valence-electron chi connectivity index (χ1n) is 12.0. The van der Waals surface area contributed by atoms with Gasteiger partial charge in [-0.2, -0.15) is 4.31 Å². The van der Waals surface area contributed by atoms with E-state index < -0.39 is 40.1 Å². The molecule has 1 unspecified atom stereocenters. The van der Waals surface area contributed by atoms with Gasteiger partial charge in [0.2, 0.25) is 10.9 Å². The van der Waals surface area contributed by atoms with Crippen LogP contribution in [0.5, 0.6) is 0 Å². The molecule has 1 saturated heterocycles. The number of aryl methyl sites for hydroxylation is 1. The Morgan fingerprint density at radius 3 is 2.49 bits per heavy atom. The first-order chi connectivity index (χ1) is 17.4. The fourth-order valence-corrected chi connectivity index (χ4v) is 6.96. The van der Waals surface area contributed by atoms with E-state index in [4.69, 9.17) is 11.6 Å². The van der Waals surface area contributed by atoms with Crippen LogP contribution in [0, 0.1) is 0 Å². The van der Waals surface area contributed by atoms with E-state index in [0.29, 0.717) is 18.7 Å². The largest absolute Gasteiger partial charge is 0.350 e. The third kappa shape index (κ3) is 5.79. The molecule has 4 rings (SSSR count). The van der Waals surface area contributed by atoms with Crippen LogP contribution in [0.15, 0.2) is 29.4 Å². The minimum atomic E-state index is -3.87. The van der Waals surface area contributed by atoms with Gasteiger partial charge in [-0.15, -0.1) is 5.10 Å². The Labute approximate surface area is 219 Å². The number of benzene rings is 1. The van der Waals surface area contributed by atoms with Crippen molar-refractivity contribution in [3.05, 3.63) is 40.5 Å². The Bertz CT molecular complexity index is 1250. The second kappa shape index (κ2) is 10.5. The summed E-state index contributed by atoms with van der Waals surface area (Å²) in [5.41, 5.74) is -0.265. The van der Waals surface area contributed by atoms with Crippen LogP contribution in [0.2, 0.25) is 5.02 Å². The minimum absolute atomic E-state index is 0.0900. The maximum absolute atomic E-state index is 14.1. The minimum Gasteiger partial charge on any atom is -0.350 e. The van der Waals surface area contributed by atoms with E-state index in [2.05, 4.69) is 15.6 Å². The number of aromatic nitrogens is 3. The molecule has 0 radical (unpaired) electrons. The summed E-state index contributed by atoms with van der Waals surface area (Å²) in [6.07, 6.45) is 0.944. The molecular formula is C23H30ClF3N6O3S. The van der Waals surface area contributed by atoms with Gasteiger partial charge in [-0.1, -0.05) is 22.9 Å². The van der Waals surface area contributed by atoms with Crippen molar-refractivity contribution in [3.8, 4) is 0 Å². The van der Waals surface area contributed by atoms with E-state index >= 15 is 0 Å². The Morgan fingerprint density at radius 1 is 1.22 bits per heavy atom. The molecule has 2 fully saturated rings. The monoisotopic (exact) mass is 562 g/mol. The summed E-state index contributed by atoms with van der Waals surface area (Å²) >= 11 is 6.16. The van der Waals surface area contributed by atoms with Gasteiger partial charge in [0.1, 0.15) is 6.67 Å². The second-order valence-electron chi connectivity index (χ2n) is 9.85. The molecule has 37 heavy (non-hydrogen) atoms. The number of sulfonamides is 1. The lowest BCUT2D eigenvalue weighted by atomic mass is 9.77. The van der Waals surface area contributed by atoms with Gasteiger partial charge in [0.25, 0.3) is 15.9 Å². The van der Waals surface area contributed by atoms with Gasteiger partial charge in [-0.3, -0.25) is 14.4 Å². The van der Waals surface area contributed by atoms with Gasteiger partial charge in [0.15, 0.2) is 0 Å². The zero-order chi connectivity index (χ0) is 27.0. The van der Waals surface area contributed by atoms with Crippen LogP contribution < -0.4 is 5.32 Å². The SMILES string of the molecule is CC1CN(C2(CNC(=O)c3ccc(CF)cc3Cl)CCC(F)(F)CC2)CCN1S(=O)(=O)c1cn(C)nn1. The van der Waals surface area contributed by atoms with E-state index in [9.17, 15) is 26.4 Å². The number of piperazine rings is 1. The number of nitrogens with zero attached hydrogens (tertiary/aromatic N) is 5. The molecule has 0 spiro atoms. The van der Waals surface area contributed by atoms with E-state index in [1.165, 1.54) is 33.4 Å². The zero-order valence-corrected chi connectivity index (χ0v) is 22.2. The van der Waals surface area contributed by atoms with Crippen molar-refractivity contribution in [1.82, 2.24) is 29.5 Å². The van der Waals surface area contributed by atoms with Gasteiger partial charge in [-0.05, 0) is 37.5 Å². The zero-order valence-electron chi connectivity index (χ0n) is 20.6. The molecule has 1 aromatic heterocycles. The van der Waals surface area contributed by atoms with Gasteiger partial charge in [0.05, 0.1) is 16.8 Å². The van der Waals surface area contributed by atoms with Crippen molar-refractivity contribution >= 4 is 27.5 Å². The van der Waals surface area contributed by atoms with Crippen molar-refractivity contribution < 1.29 is 26.4 Å². The number of alkyl halides is 3. The van der Waals surface area contributed by atoms with Crippen LogP contribution in [0.25, 0.3) is 0 Å². The highest BCUT2D eigenvalue weighted by Crippen LogP contribution is 2.42. The summed E-state index contributed by atoms with van der Waals surface area (Å²) in [6, 6.07) is 3.83. The number of carbonyl (C=O) groups excluding carboxylic acids is 1. The maximum atomic E-state index is 14.1. The lowest BCUT2D eigenvalue weighted by Gasteiger charge is -2.52. The summed E-state index contributed by atoms with van der Waals surface area (Å²) in [6.45, 7) is 1.88. The van der Waals surface area contributed by atoms with E-state index in [1.807, 2.05) is 4.90 Å². The predicted molar refractivity (Wildman–Crippen MR) is 131 cm³/mol. The van der Waals surface area contributed by atoms with Crippen molar-refractivity contribution in [2.75, 3.05) is 26.2 Å². The van der Waals surface area contributed by atoms with E-state index in [1.54, 1.807) is 14.0 Å². The highest BCUT2D eigenvalue weighted by atomic mass is 35.5. The molecule has 204 valence electrons. The summed E-state index contributed by atoms with van der Waals surface area (Å²) in [7, 11) is -2.30. The predicted octanol–water partition coefficient (Wildman–Crippen LogP) is 3.01. The number of hydrogen-bond acceptors (Lipinski definition) is 6. The van der Waals surface area contributed by atoms with Crippen LogP contribution >= 0.6 is 11.6 Å². The Balaban J connectivity index is 1.51. The van der Waals surface area contributed by atoms with Gasteiger partial charge < -0.3 is 5.32 Å². The third-order valence-corrected chi connectivity index (χ3v) is 9.50. The molecule has 1 aliphatic heterocycles. The number of nitrogens with one attached hydrogen (secondary N) is 1.